The van der Waals surface area contributed by atoms with Crippen LogP contribution in [-0.4, -0.2) is 19.2 Å². The fraction of sp³-hybridized carbons (Fsp3) is 0.314. The molecule has 2 nitrogen and oxygen atoms in total. The predicted molar refractivity (Wildman–Crippen MR) is 157 cm³/mol. The number of anilines is 1. The summed E-state index contributed by atoms with van der Waals surface area (Å²) in [5, 5.41) is 0. The van der Waals surface area contributed by atoms with Crippen LogP contribution in [0.5, 0.6) is 0 Å². The van der Waals surface area contributed by atoms with Gasteiger partial charge in [-0.1, -0.05) is 68.5 Å². The van der Waals surface area contributed by atoms with Gasteiger partial charge in [-0.3, -0.25) is 0 Å². The fourth-order valence-corrected chi connectivity index (χ4v) is 5.98. The van der Waals surface area contributed by atoms with E-state index in [9.17, 15) is 0 Å². The van der Waals surface area contributed by atoms with E-state index in [1.807, 2.05) is 0 Å². The third-order valence-corrected chi connectivity index (χ3v) is 8.07. The lowest BCUT2D eigenvalue weighted by molar-refractivity contribution is 0.253. The molecule has 0 aliphatic carbocycles. The highest BCUT2D eigenvalue weighted by atomic mass is 16.5. The van der Waals surface area contributed by atoms with E-state index < -0.39 is 0 Å². The van der Waals surface area contributed by atoms with Crippen LogP contribution in [0.1, 0.15) is 65.6 Å². The highest BCUT2D eigenvalue weighted by molar-refractivity contribution is 5.84. The van der Waals surface area contributed by atoms with Crippen molar-refractivity contribution in [2.75, 3.05) is 18.0 Å². The van der Waals surface area contributed by atoms with E-state index in [-0.39, 0.29) is 6.10 Å². The van der Waals surface area contributed by atoms with E-state index in [0.29, 0.717) is 0 Å². The van der Waals surface area contributed by atoms with Gasteiger partial charge in [-0.05, 0) is 108 Å². The number of aryl methyl sites for hydroxylation is 4. The summed E-state index contributed by atoms with van der Waals surface area (Å²) in [5.74, 6) is 0.936. The summed E-state index contributed by atoms with van der Waals surface area (Å²) in [5.41, 5.74) is 12.2. The van der Waals surface area contributed by atoms with Crippen LogP contribution in [0.4, 0.5) is 5.69 Å². The van der Waals surface area contributed by atoms with Crippen molar-refractivity contribution in [3.8, 4) is 0 Å². The molecule has 0 saturated carbocycles. The van der Waals surface area contributed by atoms with Gasteiger partial charge in [0.1, 0.15) is 11.9 Å². The van der Waals surface area contributed by atoms with Gasteiger partial charge >= 0.3 is 0 Å². The van der Waals surface area contributed by atoms with Crippen LogP contribution in [-0.2, 0) is 30.4 Å². The lowest BCUT2D eigenvalue weighted by Crippen LogP contribution is -2.34. The molecule has 37 heavy (non-hydrogen) atoms. The largest absolute Gasteiger partial charge is 0.482 e. The number of allylic oxidation sites excluding steroid dienone is 2. The molecule has 3 aromatic carbocycles. The van der Waals surface area contributed by atoms with Gasteiger partial charge < -0.3 is 9.64 Å². The Kier molecular flexibility index (Phi) is 6.74. The molecule has 0 fully saturated rings. The zero-order valence-electron chi connectivity index (χ0n) is 22.2. The summed E-state index contributed by atoms with van der Waals surface area (Å²) in [7, 11) is 0. The molecule has 0 N–H and O–H groups in total. The van der Waals surface area contributed by atoms with Crippen LogP contribution in [0.25, 0.3) is 17.4 Å². The second-order valence-corrected chi connectivity index (χ2v) is 10.6. The zero-order valence-corrected chi connectivity index (χ0v) is 22.2. The van der Waals surface area contributed by atoms with Gasteiger partial charge in [0.25, 0.3) is 0 Å². The van der Waals surface area contributed by atoms with E-state index >= 15 is 0 Å². The second-order valence-electron chi connectivity index (χ2n) is 10.6. The van der Waals surface area contributed by atoms with Crippen molar-refractivity contribution in [3.63, 3.8) is 0 Å². The van der Waals surface area contributed by atoms with Crippen molar-refractivity contribution in [2.45, 2.75) is 58.5 Å². The maximum Gasteiger partial charge on any atom is 0.136 e. The zero-order chi connectivity index (χ0) is 25.2. The molecule has 3 heterocycles. The molecular weight excluding hydrogens is 450 g/mol. The minimum atomic E-state index is -0.115. The maximum atomic E-state index is 6.55. The lowest BCUT2D eigenvalue weighted by Gasteiger charge is -2.37. The van der Waals surface area contributed by atoms with Crippen LogP contribution in [0.2, 0.25) is 0 Å². The fourth-order valence-electron chi connectivity index (χ4n) is 5.98. The van der Waals surface area contributed by atoms with Crippen LogP contribution in [0.3, 0.4) is 0 Å². The van der Waals surface area contributed by atoms with Crippen LogP contribution in [0, 0.1) is 0 Å². The van der Waals surface area contributed by atoms with Crippen molar-refractivity contribution in [2.24, 2.45) is 0 Å². The first kappa shape index (κ1) is 23.9. The third-order valence-electron chi connectivity index (χ3n) is 8.07. The van der Waals surface area contributed by atoms with Gasteiger partial charge in [0.15, 0.2) is 0 Å². The topological polar surface area (TPSA) is 12.5 Å². The number of hydrogen-bond acceptors (Lipinski definition) is 2. The molecule has 3 aliphatic rings. The summed E-state index contributed by atoms with van der Waals surface area (Å²) in [6.07, 6.45) is 15.8. The molecule has 188 valence electrons. The van der Waals surface area contributed by atoms with Crippen molar-refractivity contribution >= 4 is 23.1 Å². The average molecular weight is 488 g/mol. The third kappa shape index (κ3) is 5.03. The SMILES string of the molecule is CCc1ccc(C2=CC(/C=C/c3cc4c5c(c3)CCCN5CCC4)OC(c3ccc(CC)cc3)=C2)cc1. The second kappa shape index (κ2) is 10.5. The highest BCUT2D eigenvalue weighted by Crippen LogP contribution is 2.37. The Hall–Kier alpha value is -3.52. The molecule has 6 rings (SSSR count). The summed E-state index contributed by atoms with van der Waals surface area (Å²) in [6.45, 7) is 6.83. The first-order valence-corrected chi connectivity index (χ1v) is 14.1. The van der Waals surface area contributed by atoms with Gasteiger partial charge in [0.05, 0.1) is 0 Å². The summed E-state index contributed by atoms with van der Waals surface area (Å²) in [4.78, 5) is 2.61. The first-order valence-electron chi connectivity index (χ1n) is 14.1. The summed E-state index contributed by atoms with van der Waals surface area (Å²) < 4.78 is 6.55. The molecule has 2 heteroatoms. The molecule has 1 atom stereocenters. The Morgan fingerprint density at radius 1 is 0.811 bits per heavy atom. The van der Waals surface area contributed by atoms with Crippen LogP contribution in [0.15, 0.2) is 78.9 Å². The molecule has 0 saturated heterocycles. The van der Waals surface area contributed by atoms with Crippen molar-refractivity contribution in [1.82, 2.24) is 0 Å². The number of rotatable bonds is 6. The van der Waals surface area contributed by atoms with E-state index in [0.717, 1.165) is 24.2 Å². The minimum Gasteiger partial charge on any atom is -0.482 e. The van der Waals surface area contributed by atoms with Gasteiger partial charge in [0.2, 0.25) is 0 Å². The van der Waals surface area contributed by atoms with Crippen molar-refractivity contribution in [3.05, 3.63) is 118 Å². The van der Waals surface area contributed by atoms with Gasteiger partial charge in [0, 0.05) is 24.3 Å². The molecule has 3 aliphatic heterocycles. The first-order chi connectivity index (χ1) is 18.2. The Morgan fingerprint density at radius 2 is 1.41 bits per heavy atom. The van der Waals surface area contributed by atoms with E-state index in [1.165, 1.54) is 83.4 Å². The number of benzene rings is 3. The minimum absolute atomic E-state index is 0.115. The quantitative estimate of drug-likeness (QED) is 0.349. The van der Waals surface area contributed by atoms with E-state index in [4.69, 9.17) is 4.74 Å². The molecule has 1 unspecified atom stereocenters. The smallest absolute Gasteiger partial charge is 0.136 e. The van der Waals surface area contributed by atoms with Crippen LogP contribution < -0.4 is 4.90 Å². The monoisotopic (exact) mass is 487 g/mol. The normalized spacial score (nSPS) is 18.8. The summed E-state index contributed by atoms with van der Waals surface area (Å²) >= 11 is 0. The Bertz CT molecular complexity index is 1330. The maximum absolute atomic E-state index is 6.55. The van der Waals surface area contributed by atoms with Gasteiger partial charge in [-0.25, -0.2) is 0 Å². The Labute approximate surface area is 222 Å². The van der Waals surface area contributed by atoms with E-state index in [2.05, 4.69) is 104 Å². The molecule has 0 aromatic heterocycles. The molecule has 0 bridgehead atoms. The highest BCUT2D eigenvalue weighted by Gasteiger charge is 2.24. The predicted octanol–water partition coefficient (Wildman–Crippen LogP) is 8.05. The number of nitrogens with zero attached hydrogens (tertiary/aromatic N) is 1. The molecule has 0 spiro atoms. The standard InChI is InChI=1S/C35H37NO/c1-3-25-9-14-28(15-10-25)32-23-33(37-34(24-32)29-16-11-26(4-2)12-17-29)18-13-27-21-30-7-5-19-36-20-6-8-31(22-27)35(30)36/h9-18,21-24,33H,3-8,19-20H2,1-2H3/b18-13+. The number of ether oxygens (including phenoxy) is 1. The lowest BCUT2D eigenvalue weighted by atomic mass is 9.90. The molecular formula is C35H37NO. The molecule has 0 radical (unpaired) electrons. The van der Waals surface area contributed by atoms with Crippen molar-refractivity contribution < 1.29 is 4.74 Å². The molecule has 3 aromatic rings. The number of hydrogen-bond donors (Lipinski definition) is 0. The molecule has 0 amide bonds. The average Bonchev–Trinajstić information content (AvgIpc) is 2.96. The van der Waals surface area contributed by atoms with Crippen molar-refractivity contribution in [1.29, 1.82) is 0 Å². The van der Waals surface area contributed by atoms with Crippen LogP contribution >= 0.6 is 0 Å². The van der Waals surface area contributed by atoms with E-state index in [1.54, 1.807) is 0 Å². The Morgan fingerprint density at radius 3 is 2.00 bits per heavy atom. The van der Waals surface area contributed by atoms with Gasteiger partial charge in [-0.15, -0.1) is 0 Å². The van der Waals surface area contributed by atoms with Gasteiger partial charge in [-0.2, -0.15) is 0 Å². The Balaban J connectivity index is 1.32. The summed E-state index contributed by atoms with van der Waals surface area (Å²) in [6, 6.07) is 22.6.